The van der Waals surface area contributed by atoms with Crippen LogP contribution in [0.2, 0.25) is 5.02 Å². The minimum atomic E-state index is -0.141. The second-order valence-corrected chi connectivity index (χ2v) is 5.60. The highest BCUT2D eigenvalue weighted by atomic mass is 35.5. The Hall–Kier alpha value is -2.38. The largest absolute Gasteiger partial charge is 0.495 e. The maximum Gasteiger partial charge on any atom is 0.274 e. The molecule has 1 aromatic carbocycles. The molecule has 0 bridgehead atoms. The molecule has 0 atom stereocenters. The van der Waals surface area contributed by atoms with Crippen molar-refractivity contribution < 1.29 is 14.3 Å². The zero-order valence-electron chi connectivity index (χ0n) is 13.2. The van der Waals surface area contributed by atoms with Crippen LogP contribution >= 0.6 is 11.6 Å². The third-order valence-corrected chi connectivity index (χ3v) is 3.83. The van der Waals surface area contributed by atoms with E-state index < -0.39 is 0 Å². The number of ether oxygens (including phenoxy) is 2. The second-order valence-electron chi connectivity index (χ2n) is 5.16. The zero-order chi connectivity index (χ0) is 16.9. The number of nitrogens with zero attached hydrogens (tertiary/aromatic N) is 3. The highest BCUT2D eigenvalue weighted by Crippen LogP contribution is 2.29. The van der Waals surface area contributed by atoms with Crippen LogP contribution in [-0.2, 0) is 4.74 Å². The molecule has 8 heteroatoms. The van der Waals surface area contributed by atoms with E-state index >= 15 is 0 Å². The Balaban J connectivity index is 1.73. The van der Waals surface area contributed by atoms with E-state index in [1.807, 2.05) is 0 Å². The van der Waals surface area contributed by atoms with Crippen molar-refractivity contribution in [1.82, 2.24) is 14.9 Å². The van der Waals surface area contributed by atoms with E-state index in [0.29, 0.717) is 54.3 Å². The van der Waals surface area contributed by atoms with Gasteiger partial charge in [0.2, 0.25) is 0 Å². The van der Waals surface area contributed by atoms with Crippen molar-refractivity contribution in [1.29, 1.82) is 0 Å². The third-order valence-electron chi connectivity index (χ3n) is 3.59. The van der Waals surface area contributed by atoms with Crippen LogP contribution in [0.1, 0.15) is 10.5 Å². The molecule has 3 rings (SSSR count). The predicted octanol–water partition coefficient (Wildman–Crippen LogP) is 2.35. The van der Waals surface area contributed by atoms with Crippen molar-refractivity contribution >= 4 is 29.0 Å². The Morgan fingerprint density at radius 3 is 2.75 bits per heavy atom. The molecule has 1 aliphatic heterocycles. The van der Waals surface area contributed by atoms with E-state index in [1.54, 1.807) is 30.2 Å². The Kier molecular flexibility index (Phi) is 5.12. The molecule has 1 aromatic heterocycles. The zero-order valence-corrected chi connectivity index (χ0v) is 13.9. The third kappa shape index (κ3) is 3.74. The summed E-state index contributed by atoms with van der Waals surface area (Å²) in [6.45, 7) is 2.24. The normalized spacial score (nSPS) is 14.3. The van der Waals surface area contributed by atoms with Crippen LogP contribution in [0.15, 0.2) is 30.6 Å². The molecule has 2 heterocycles. The molecule has 0 saturated carbocycles. The van der Waals surface area contributed by atoms with Crippen LogP contribution in [0.3, 0.4) is 0 Å². The summed E-state index contributed by atoms with van der Waals surface area (Å²) in [5, 5.41) is 3.66. The van der Waals surface area contributed by atoms with Crippen molar-refractivity contribution in [2.75, 3.05) is 38.7 Å². The Morgan fingerprint density at radius 2 is 2.08 bits per heavy atom. The molecule has 1 aliphatic rings. The number of aromatic nitrogens is 2. The average Bonchev–Trinajstić information content (AvgIpc) is 2.63. The van der Waals surface area contributed by atoms with Crippen LogP contribution in [0.4, 0.5) is 11.5 Å². The average molecular weight is 349 g/mol. The van der Waals surface area contributed by atoms with E-state index in [-0.39, 0.29) is 5.91 Å². The number of halogens is 1. The fraction of sp³-hybridized carbons (Fsp3) is 0.312. The quantitative estimate of drug-likeness (QED) is 0.914. The summed E-state index contributed by atoms with van der Waals surface area (Å²) >= 11 is 6.00. The van der Waals surface area contributed by atoms with Gasteiger partial charge in [-0.1, -0.05) is 11.6 Å². The number of nitrogens with one attached hydrogen (secondary N) is 1. The maximum absolute atomic E-state index is 12.3. The summed E-state index contributed by atoms with van der Waals surface area (Å²) in [6.07, 6.45) is 2.96. The maximum atomic E-state index is 12.3. The van der Waals surface area contributed by atoms with Crippen LogP contribution < -0.4 is 10.1 Å². The van der Waals surface area contributed by atoms with Crippen LogP contribution in [-0.4, -0.2) is 54.2 Å². The number of methoxy groups -OCH3 is 1. The molecule has 0 unspecified atom stereocenters. The highest BCUT2D eigenvalue weighted by molar-refractivity contribution is 6.31. The van der Waals surface area contributed by atoms with Gasteiger partial charge in [-0.25, -0.2) is 9.97 Å². The van der Waals surface area contributed by atoms with Gasteiger partial charge in [-0.3, -0.25) is 4.79 Å². The van der Waals surface area contributed by atoms with Gasteiger partial charge in [0, 0.05) is 18.1 Å². The van der Waals surface area contributed by atoms with Crippen molar-refractivity contribution in [2.24, 2.45) is 0 Å². The summed E-state index contributed by atoms with van der Waals surface area (Å²) in [7, 11) is 1.57. The molecule has 1 amide bonds. The lowest BCUT2D eigenvalue weighted by Crippen LogP contribution is -2.41. The van der Waals surface area contributed by atoms with Gasteiger partial charge in [-0.05, 0) is 18.2 Å². The minimum absolute atomic E-state index is 0.141. The van der Waals surface area contributed by atoms with Gasteiger partial charge >= 0.3 is 0 Å². The van der Waals surface area contributed by atoms with Crippen molar-refractivity contribution in [3.8, 4) is 5.75 Å². The first-order chi connectivity index (χ1) is 11.7. The standard InChI is InChI=1S/C16H17ClN4O3/c1-23-14-3-2-11(17)8-12(14)20-15-10-18-13(9-19-15)16(22)21-4-6-24-7-5-21/h2-3,8-10H,4-7H2,1H3,(H,19,20). The number of hydrogen-bond acceptors (Lipinski definition) is 6. The van der Waals surface area contributed by atoms with Gasteiger partial charge in [0.1, 0.15) is 17.3 Å². The lowest BCUT2D eigenvalue weighted by molar-refractivity contribution is 0.0298. The SMILES string of the molecule is COc1ccc(Cl)cc1Nc1cnc(C(=O)N2CCOCC2)cn1. The first kappa shape index (κ1) is 16.5. The summed E-state index contributed by atoms with van der Waals surface area (Å²) in [5.41, 5.74) is 0.979. The summed E-state index contributed by atoms with van der Waals surface area (Å²) in [4.78, 5) is 22.5. The number of amides is 1. The number of benzene rings is 1. The number of carbonyl (C=O) groups excluding carboxylic acids is 1. The van der Waals surface area contributed by atoms with Crippen LogP contribution in [0.25, 0.3) is 0 Å². The van der Waals surface area contributed by atoms with E-state index in [4.69, 9.17) is 21.1 Å². The molecule has 2 aromatic rings. The van der Waals surface area contributed by atoms with E-state index in [1.165, 1.54) is 12.4 Å². The van der Waals surface area contributed by atoms with Gasteiger partial charge in [0.15, 0.2) is 0 Å². The molecule has 1 N–H and O–H groups in total. The molecular formula is C16H17ClN4O3. The van der Waals surface area contributed by atoms with E-state index in [0.717, 1.165) is 0 Å². The lowest BCUT2D eigenvalue weighted by atomic mass is 10.3. The fourth-order valence-electron chi connectivity index (χ4n) is 2.35. The van der Waals surface area contributed by atoms with Crippen molar-refractivity contribution in [3.63, 3.8) is 0 Å². The highest BCUT2D eigenvalue weighted by Gasteiger charge is 2.19. The minimum Gasteiger partial charge on any atom is -0.495 e. The Labute approximate surface area is 144 Å². The fourth-order valence-corrected chi connectivity index (χ4v) is 2.52. The summed E-state index contributed by atoms with van der Waals surface area (Å²) in [6, 6.07) is 5.23. The van der Waals surface area contributed by atoms with Gasteiger partial charge in [-0.2, -0.15) is 0 Å². The number of carbonyl (C=O) groups is 1. The first-order valence-corrected chi connectivity index (χ1v) is 7.85. The molecule has 0 radical (unpaired) electrons. The number of anilines is 2. The van der Waals surface area contributed by atoms with Gasteiger partial charge < -0.3 is 19.7 Å². The summed E-state index contributed by atoms with van der Waals surface area (Å²) in [5.74, 6) is 0.987. The Bertz CT molecular complexity index is 718. The second kappa shape index (κ2) is 7.46. The Morgan fingerprint density at radius 1 is 1.29 bits per heavy atom. The number of hydrogen-bond donors (Lipinski definition) is 1. The predicted molar refractivity (Wildman–Crippen MR) is 90.0 cm³/mol. The van der Waals surface area contributed by atoms with Crippen LogP contribution in [0.5, 0.6) is 5.75 Å². The molecule has 24 heavy (non-hydrogen) atoms. The first-order valence-electron chi connectivity index (χ1n) is 7.47. The van der Waals surface area contributed by atoms with Gasteiger partial charge in [0.25, 0.3) is 5.91 Å². The molecule has 0 aliphatic carbocycles. The molecule has 0 spiro atoms. The molecule has 1 saturated heterocycles. The summed E-state index contributed by atoms with van der Waals surface area (Å²) < 4.78 is 10.5. The van der Waals surface area contributed by atoms with E-state index in [2.05, 4.69) is 15.3 Å². The van der Waals surface area contributed by atoms with Gasteiger partial charge in [0.05, 0.1) is 38.4 Å². The van der Waals surface area contributed by atoms with Gasteiger partial charge in [-0.15, -0.1) is 0 Å². The van der Waals surface area contributed by atoms with Crippen molar-refractivity contribution in [2.45, 2.75) is 0 Å². The van der Waals surface area contributed by atoms with Crippen LogP contribution in [0, 0.1) is 0 Å². The monoisotopic (exact) mass is 348 g/mol. The topological polar surface area (TPSA) is 76.6 Å². The molecule has 7 nitrogen and oxygen atoms in total. The molecular weight excluding hydrogens is 332 g/mol. The molecule has 126 valence electrons. The number of rotatable bonds is 4. The lowest BCUT2D eigenvalue weighted by Gasteiger charge is -2.26. The molecule has 1 fully saturated rings. The van der Waals surface area contributed by atoms with Crippen molar-refractivity contribution in [3.05, 3.63) is 41.3 Å². The number of morpholine rings is 1. The smallest absolute Gasteiger partial charge is 0.274 e. The van der Waals surface area contributed by atoms with E-state index in [9.17, 15) is 4.79 Å².